The minimum absolute atomic E-state index is 0.141. The molecule has 0 spiro atoms. The zero-order valence-corrected chi connectivity index (χ0v) is 14.9. The van der Waals surface area contributed by atoms with Crippen molar-refractivity contribution < 1.29 is 18.8 Å². The number of carbonyl (C=O) groups is 3. The average molecular weight is 375 g/mol. The maximum Gasteiger partial charge on any atom is 0.324 e. The molecule has 1 aliphatic carbocycles. The lowest BCUT2D eigenvalue weighted by molar-refractivity contribution is -0.140. The number of halogens is 1. The van der Waals surface area contributed by atoms with Crippen LogP contribution in [0.4, 0.5) is 9.18 Å². The fourth-order valence-electron chi connectivity index (χ4n) is 4.30. The standard InChI is InChI=1S/C18H22FN5O3/c19-11-2-3-14-13(10-11)16(25)24(18(27)22-14)12-4-8-23(9-5-12)17(26)15-20-6-1-7-21-15/h1,6-7,11-14H,2-5,8-10H2,(H,22,27). The van der Waals surface area contributed by atoms with Gasteiger partial charge in [0, 0.05) is 37.6 Å². The molecule has 3 fully saturated rings. The normalized spacial score (nSPS) is 29.3. The molecule has 8 nitrogen and oxygen atoms in total. The molecule has 144 valence electrons. The van der Waals surface area contributed by atoms with E-state index in [1.807, 2.05) is 0 Å². The number of urea groups is 1. The summed E-state index contributed by atoms with van der Waals surface area (Å²) < 4.78 is 13.8. The Morgan fingerprint density at radius 3 is 2.52 bits per heavy atom. The Morgan fingerprint density at radius 1 is 1.11 bits per heavy atom. The number of alkyl halides is 1. The lowest BCUT2D eigenvalue weighted by Gasteiger charge is -2.45. The van der Waals surface area contributed by atoms with Crippen LogP contribution in [0.3, 0.4) is 0 Å². The summed E-state index contributed by atoms with van der Waals surface area (Å²) in [4.78, 5) is 48.6. The van der Waals surface area contributed by atoms with E-state index in [4.69, 9.17) is 0 Å². The summed E-state index contributed by atoms with van der Waals surface area (Å²) in [6, 6.07) is 0.712. The monoisotopic (exact) mass is 375 g/mol. The van der Waals surface area contributed by atoms with Gasteiger partial charge in [-0.1, -0.05) is 0 Å². The molecule has 0 radical (unpaired) electrons. The van der Waals surface area contributed by atoms with Gasteiger partial charge in [0.1, 0.15) is 6.17 Å². The Balaban J connectivity index is 1.41. The van der Waals surface area contributed by atoms with E-state index in [9.17, 15) is 18.8 Å². The van der Waals surface area contributed by atoms with Crippen molar-refractivity contribution in [2.75, 3.05) is 13.1 Å². The molecule has 3 aliphatic rings. The molecular formula is C18H22FN5O3. The summed E-state index contributed by atoms with van der Waals surface area (Å²) in [6.45, 7) is 0.831. The summed E-state index contributed by atoms with van der Waals surface area (Å²) in [5, 5.41) is 2.88. The molecule has 2 aliphatic heterocycles. The van der Waals surface area contributed by atoms with Crippen LogP contribution in [0.15, 0.2) is 18.5 Å². The number of hydrogen-bond donors (Lipinski definition) is 1. The van der Waals surface area contributed by atoms with Gasteiger partial charge in [-0.3, -0.25) is 14.5 Å². The molecule has 2 saturated heterocycles. The summed E-state index contributed by atoms with van der Waals surface area (Å²) in [5.41, 5.74) is 0. The molecule has 3 atom stereocenters. The van der Waals surface area contributed by atoms with Crippen LogP contribution in [0, 0.1) is 5.92 Å². The Morgan fingerprint density at radius 2 is 1.81 bits per heavy atom. The summed E-state index contributed by atoms with van der Waals surface area (Å²) >= 11 is 0. The molecule has 1 aromatic rings. The first kappa shape index (κ1) is 17.8. The SMILES string of the molecule is O=C(c1ncccn1)N1CCC(N2C(=O)NC3CCC(F)CC3C2=O)CC1. The van der Waals surface area contributed by atoms with Gasteiger partial charge in [0.2, 0.25) is 11.7 Å². The van der Waals surface area contributed by atoms with Crippen LogP contribution < -0.4 is 5.32 Å². The molecule has 4 rings (SSSR count). The summed E-state index contributed by atoms with van der Waals surface area (Å²) in [7, 11) is 0. The van der Waals surface area contributed by atoms with Crippen molar-refractivity contribution in [2.24, 2.45) is 5.92 Å². The molecule has 9 heteroatoms. The third kappa shape index (κ3) is 3.38. The van der Waals surface area contributed by atoms with Crippen molar-refractivity contribution in [2.45, 2.75) is 50.4 Å². The third-order valence-electron chi connectivity index (χ3n) is 5.74. The number of rotatable bonds is 2. The molecule has 27 heavy (non-hydrogen) atoms. The number of piperidine rings is 1. The number of nitrogens with zero attached hydrogens (tertiary/aromatic N) is 4. The third-order valence-corrected chi connectivity index (χ3v) is 5.74. The fraction of sp³-hybridized carbons (Fsp3) is 0.611. The van der Waals surface area contributed by atoms with Gasteiger partial charge in [-0.2, -0.15) is 0 Å². The predicted octanol–water partition coefficient (Wildman–Crippen LogP) is 1.14. The van der Waals surface area contributed by atoms with Crippen molar-refractivity contribution in [3.63, 3.8) is 0 Å². The van der Waals surface area contributed by atoms with E-state index in [2.05, 4.69) is 15.3 Å². The van der Waals surface area contributed by atoms with E-state index < -0.39 is 18.1 Å². The number of likely N-dealkylation sites (tertiary alicyclic amines) is 1. The lowest BCUT2D eigenvalue weighted by atomic mass is 9.80. The van der Waals surface area contributed by atoms with Crippen LogP contribution >= 0.6 is 0 Å². The average Bonchev–Trinajstić information content (AvgIpc) is 2.69. The van der Waals surface area contributed by atoms with Gasteiger partial charge in [0.25, 0.3) is 5.91 Å². The fourth-order valence-corrected chi connectivity index (χ4v) is 4.30. The van der Waals surface area contributed by atoms with Gasteiger partial charge in [-0.25, -0.2) is 19.2 Å². The maximum atomic E-state index is 13.8. The molecule has 3 unspecified atom stereocenters. The highest BCUT2D eigenvalue weighted by Gasteiger charge is 2.47. The van der Waals surface area contributed by atoms with Crippen LogP contribution in [0.25, 0.3) is 0 Å². The number of carbonyl (C=O) groups excluding carboxylic acids is 3. The van der Waals surface area contributed by atoms with Crippen molar-refractivity contribution in [3.05, 3.63) is 24.3 Å². The number of hydrogen-bond acceptors (Lipinski definition) is 5. The minimum atomic E-state index is -0.989. The predicted molar refractivity (Wildman–Crippen MR) is 92.4 cm³/mol. The van der Waals surface area contributed by atoms with E-state index in [1.165, 1.54) is 17.3 Å². The Hall–Kier alpha value is -2.58. The van der Waals surface area contributed by atoms with E-state index in [0.717, 1.165) is 0 Å². The van der Waals surface area contributed by atoms with Crippen LogP contribution in [0.5, 0.6) is 0 Å². The van der Waals surface area contributed by atoms with Crippen molar-refractivity contribution in [3.8, 4) is 0 Å². The van der Waals surface area contributed by atoms with Crippen LogP contribution in [0.2, 0.25) is 0 Å². The van der Waals surface area contributed by atoms with Crippen LogP contribution in [-0.4, -0.2) is 69.0 Å². The summed E-state index contributed by atoms with van der Waals surface area (Å²) in [5.74, 6) is -0.871. The summed E-state index contributed by atoms with van der Waals surface area (Å²) in [6.07, 6.45) is 4.09. The quantitative estimate of drug-likeness (QED) is 0.836. The Bertz CT molecular complexity index is 738. The first-order valence-corrected chi connectivity index (χ1v) is 9.38. The zero-order chi connectivity index (χ0) is 19.0. The molecule has 1 N–H and O–H groups in total. The van der Waals surface area contributed by atoms with Gasteiger partial charge in [0.05, 0.1) is 5.92 Å². The second-order valence-electron chi connectivity index (χ2n) is 7.38. The highest BCUT2D eigenvalue weighted by Crippen LogP contribution is 2.33. The second-order valence-corrected chi connectivity index (χ2v) is 7.38. The van der Waals surface area contributed by atoms with E-state index in [1.54, 1.807) is 11.0 Å². The van der Waals surface area contributed by atoms with Crippen molar-refractivity contribution in [1.29, 1.82) is 0 Å². The number of imide groups is 1. The zero-order valence-electron chi connectivity index (χ0n) is 14.9. The Labute approximate surface area is 156 Å². The molecule has 4 amide bonds. The first-order chi connectivity index (χ1) is 13.0. The molecule has 3 heterocycles. The number of aromatic nitrogens is 2. The van der Waals surface area contributed by atoms with E-state index in [-0.39, 0.29) is 36.1 Å². The number of amides is 4. The Kier molecular flexibility index (Phi) is 4.75. The molecule has 1 aromatic heterocycles. The van der Waals surface area contributed by atoms with Crippen molar-refractivity contribution >= 4 is 17.8 Å². The van der Waals surface area contributed by atoms with Gasteiger partial charge < -0.3 is 10.2 Å². The molecule has 0 aromatic carbocycles. The van der Waals surface area contributed by atoms with Gasteiger partial charge in [-0.05, 0) is 38.2 Å². The van der Waals surface area contributed by atoms with Crippen molar-refractivity contribution in [1.82, 2.24) is 25.1 Å². The smallest absolute Gasteiger partial charge is 0.324 e. The molecular weight excluding hydrogens is 353 g/mol. The van der Waals surface area contributed by atoms with Crippen LogP contribution in [-0.2, 0) is 4.79 Å². The largest absolute Gasteiger partial charge is 0.336 e. The second kappa shape index (κ2) is 7.21. The topological polar surface area (TPSA) is 95.5 Å². The highest BCUT2D eigenvalue weighted by atomic mass is 19.1. The van der Waals surface area contributed by atoms with E-state index >= 15 is 0 Å². The number of fused-ring (bicyclic) bond motifs is 1. The van der Waals surface area contributed by atoms with Crippen LogP contribution in [0.1, 0.15) is 42.7 Å². The van der Waals surface area contributed by atoms with Gasteiger partial charge >= 0.3 is 6.03 Å². The van der Waals surface area contributed by atoms with Gasteiger partial charge in [-0.15, -0.1) is 0 Å². The molecule has 0 bridgehead atoms. The van der Waals surface area contributed by atoms with Gasteiger partial charge in [0.15, 0.2) is 0 Å². The lowest BCUT2D eigenvalue weighted by Crippen LogP contribution is -2.65. The first-order valence-electron chi connectivity index (χ1n) is 9.38. The number of nitrogens with one attached hydrogen (secondary N) is 1. The highest BCUT2D eigenvalue weighted by molar-refractivity contribution is 5.99. The minimum Gasteiger partial charge on any atom is -0.336 e. The maximum absolute atomic E-state index is 13.8. The van der Waals surface area contributed by atoms with E-state index in [0.29, 0.717) is 38.8 Å². The molecule has 1 saturated carbocycles.